The number of amides is 1. The van der Waals surface area contributed by atoms with Crippen molar-refractivity contribution in [2.75, 3.05) is 5.32 Å². The van der Waals surface area contributed by atoms with Gasteiger partial charge in [0.25, 0.3) is 0 Å². The number of rotatable bonds is 3. The van der Waals surface area contributed by atoms with Crippen molar-refractivity contribution in [3.63, 3.8) is 0 Å². The number of nitrogens with zero attached hydrogens (tertiary/aromatic N) is 5. The Morgan fingerprint density at radius 3 is 3.06 bits per heavy atom. The van der Waals surface area contributed by atoms with Crippen LogP contribution in [0.5, 0.6) is 0 Å². The molecule has 82 valence electrons. The summed E-state index contributed by atoms with van der Waals surface area (Å²) < 4.78 is 1.40. The molecule has 1 amide bonds. The summed E-state index contributed by atoms with van der Waals surface area (Å²) in [5.41, 5.74) is 0. The van der Waals surface area contributed by atoms with Gasteiger partial charge in [0.1, 0.15) is 23.8 Å². The quantitative estimate of drug-likeness (QED) is 0.781. The van der Waals surface area contributed by atoms with Gasteiger partial charge in [-0.3, -0.25) is 4.79 Å². The molecular weight excluding hydrogens is 232 g/mol. The molecule has 0 aliphatic rings. The van der Waals surface area contributed by atoms with Crippen LogP contribution in [-0.2, 0) is 11.3 Å². The summed E-state index contributed by atoms with van der Waals surface area (Å²) in [5, 5.41) is 10.1. The molecule has 0 atom stereocenters. The number of halogens is 1. The van der Waals surface area contributed by atoms with Crippen molar-refractivity contribution in [3.05, 3.63) is 29.9 Å². The van der Waals surface area contributed by atoms with Gasteiger partial charge in [0, 0.05) is 12.3 Å². The van der Waals surface area contributed by atoms with Crippen LogP contribution in [0.4, 0.5) is 5.82 Å². The minimum Gasteiger partial charge on any atom is -0.309 e. The summed E-state index contributed by atoms with van der Waals surface area (Å²) in [6, 6.07) is 1.46. The second kappa shape index (κ2) is 4.67. The van der Waals surface area contributed by atoms with Crippen molar-refractivity contribution < 1.29 is 4.79 Å². The SMILES string of the molecule is O=C(Cn1ccnn1)Nc1cc(Cl)ncn1. The third-order valence-electron chi connectivity index (χ3n) is 1.68. The highest BCUT2D eigenvalue weighted by atomic mass is 35.5. The molecule has 7 nitrogen and oxygen atoms in total. The molecule has 1 N–H and O–H groups in total. The predicted molar refractivity (Wildman–Crippen MR) is 55.7 cm³/mol. The van der Waals surface area contributed by atoms with E-state index >= 15 is 0 Å². The van der Waals surface area contributed by atoms with Gasteiger partial charge in [-0.2, -0.15) is 0 Å². The van der Waals surface area contributed by atoms with E-state index in [4.69, 9.17) is 11.6 Å². The number of nitrogens with one attached hydrogen (secondary N) is 1. The Bertz CT molecular complexity index is 485. The Morgan fingerprint density at radius 2 is 2.38 bits per heavy atom. The molecule has 2 rings (SSSR count). The van der Waals surface area contributed by atoms with Gasteiger partial charge in [-0.25, -0.2) is 14.6 Å². The van der Waals surface area contributed by atoms with E-state index in [0.29, 0.717) is 5.82 Å². The summed E-state index contributed by atoms with van der Waals surface area (Å²) in [7, 11) is 0. The monoisotopic (exact) mass is 238 g/mol. The average Bonchev–Trinajstić information content (AvgIpc) is 2.70. The summed E-state index contributed by atoms with van der Waals surface area (Å²) in [5.74, 6) is 0.0883. The Kier molecular flexibility index (Phi) is 3.06. The Balaban J connectivity index is 1.97. The van der Waals surface area contributed by atoms with Gasteiger partial charge in [0.15, 0.2) is 0 Å². The van der Waals surface area contributed by atoms with Crippen molar-refractivity contribution in [1.82, 2.24) is 25.0 Å². The van der Waals surface area contributed by atoms with Crippen molar-refractivity contribution >= 4 is 23.3 Å². The first kappa shape index (κ1) is 10.5. The van der Waals surface area contributed by atoms with E-state index < -0.39 is 0 Å². The molecule has 0 bridgehead atoms. The van der Waals surface area contributed by atoms with Crippen LogP contribution in [0.1, 0.15) is 0 Å². The normalized spacial score (nSPS) is 10.1. The summed E-state index contributed by atoms with van der Waals surface area (Å²) in [6.45, 7) is 0.0711. The van der Waals surface area contributed by atoms with Crippen molar-refractivity contribution in [3.8, 4) is 0 Å². The van der Waals surface area contributed by atoms with Crippen LogP contribution in [0.15, 0.2) is 24.8 Å². The lowest BCUT2D eigenvalue weighted by Gasteiger charge is -2.03. The second-order valence-electron chi connectivity index (χ2n) is 2.87. The summed E-state index contributed by atoms with van der Waals surface area (Å²) >= 11 is 5.64. The van der Waals surface area contributed by atoms with Crippen LogP contribution in [0.3, 0.4) is 0 Å². The van der Waals surface area contributed by atoms with Gasteiger partial charge in [-0.15, -0.1) is 5.10 Å². The summed E-state index contributed by atoms with van der Waals surface area (Å²) in [4.78, 5) is 19.0. The van der Waals surface area contributed by atoms with E-state index in [-0.39, 0.29) is 17.6 Å². The third-order valence-corrected chi connectivity index (χ3v) is 1.89. The molecule has 0 aromatic carbocycles. The first-order valence-corrected chi connectivity index (χ1v) is 4.73. The zero-order valence-electron chi connectivity index (χ0n) is 8.04. The van der Waals surface area contributed by atoms with Crippen molar-refractivity contribution in [2.24, 2.45) is 0 Å². The zero-order valence-corrected chi connectivity index (χ0v) is 8.79. The number of aromatic nitrogens is 5. The Labute approximate surface area is 95.5 Å². The van der Waals surface area contributed by atoms with Crippen LogP contribution in [0, 0.1) is 0 Å². The molecule has 0 saturated carbocycles. The number of carbonyl (C=O) groups excluding carboxylic acids is 1. The average molecular weight is 239 g/mol. The van der Waals surface area contributed by atoms with Gasteiger partial charge in [0.2, 0.25) is 5.91 Å². The van der Waals surface area contributed by atoms with Crippen LogP contribution in [0.25, 0.3) is 0 Å². The molecule has 2 heterocycles. The fraction of sp³-hybridized carbons (Fsp3) is 0.125. The number of anilines is 1. The lowest BCUT2D eigenvalue weighted by Crippen LogP contribution is -2.19. The minimum absolute atomic E-state index is 0.0711. The van der Waals surface area contributed by atoms with E-state index in [1.807, 2.05) is 0 Å². The van der Waals surface area contributed by atoms with Gasteiger partial charge >= 0.3 is 0 Å². The van der Waals surface area contributed by atoms with Gasteiger partial charge < -0.3 is 5.32 Å². The van der Waals surface area contributed by atoms with E-state index in [2.05, 4.69) is 25.6 Å². The lowest BCUT2D eigenvalue weighted by atomic mass is 10.5. The first-order chi connectivity index (χ1) is 7.74. The minimum atomic E-state index is -0.264. The standard InChI is InChI=1S/C8H7ClN6O/c9-6-3-7(11-5-10-6)13-8(16)4-15-2-1-12-14-15/h1-3,5H,4H2,(H,10,11,13,16). The Morgan fingerprint density at radius 1 is 1.50 bits per heavy atom. The van der Waals surface area contributed by atoms with Crippen LogP contribution in [-0.4, -0.2) is 30.9 Å². The zero-order chi connectivity index (χ0) is 11.4. The molecule has 0 spiro atoms. The van der Waals surface area contributed by atoms with Gasteiger partial charge in [0.05, 0.1) is 6.20 Å². The molecule has 0 saturated heterocycles. The maximum absolute atomic E-state index is 11.5. The fourth-order valence-electron chi connectivity index (χ4n) is 1.05. The highest BCUT2D eigenvalue weighted by molar-refractivity contribution is 6.29. The highest BCUT2D eigenvalue weighted by Crippen LogP contribution is 2.08. The molecule has 0 aliphatic carbocycles. The molecule has 0 unspecified atom stereocenters. The number of carbonyl (C=O) groups is 1. The maximum atomic E-state index is 11.5. The smallest absolute Gasteiger partial charge is 0.247 e. The lowest BCUT2D eigenvalue weighted by molar-refractivity contribution is -0.116. The molecular formula is C8H7ClN6O. The number of hydrogen-bond acceptors (Lipinski definition) is 5. The predicted octanol–water partition coefficient (Wildman–Crippen LogP) is 0.360. The van der Waals surface area contributed by atoms with E-state index in [0.717, 1.165) is 0 Å². The highest BCUT2D eigenvalue weighted by Gasteiger charge is 2.05. The van der Waals surface area contributed by atoms with Crippen molar-refractivity contribution in [1.29, 1.82) is 0 Å². The van der Waals surface area contributed by atoms with Gasteiger partial charge in [-0.1, -0.05) is 16.8 Å². The molecule has 2 aromatic rings. The number of hydrogen-bond donors (Lipinski definition) is 1. The molecule has 0 aliphatic heterocycles. The topological polar surface area (TPSA) is 85.6 Å². The third kappa shape index (κ3) is 2.74. The van der Waals surface area contributed by atoms with E-state index in [9.17, 15) is 4.79 Å². The fourth-order valence-corrected chi connectivity index (χ4v) is 1.20. The van der Waals surface area contributed by atoms with E-state index in [1.54, 1.807) is 6.20 Å². The molecule has 0 radical (unpaired) electrons. The largest absolute Gasteiger partial charge is 0.309 e. The van der Waals surface area contributed by atoms with Crippen LogP contribution in [0.2, 0.25) is 5.15 Å². The van der Waals surface area contributed by atoms with Crippen LogP contribution >= 0.6 is 11.6 Å². The van der Waals surface area contributed by atoms with Crippen LogP contribution < -0.4 is 5.32 Å². The molecule has 16 heavy (non-hydrogen) atoms. The Hall–Kier alpha value is -2.02. The molecule has 8 heteroatoms. The maximum Gasteiger partial charge on any atom is 0.247 e. The second-order valence-corrected chi connectivity index (χ2v) is 3.26. The van der Waals surface area contributed by atoms with E-state index in [1.165, 1.54) is 23.3 Å². The molecule has 0 fully saturated rings. The summed E-state index contributed by atoms with van der Waals surface area (Å²) in [6.07, 6.45) is 4.36. The van der Waals surface area contributed by atoms with Crippen molar-refractivity contribution in [2.45, 2.75) is 6.54 Å². The molecule has 2 aromatic heterocycles. The first-order valence-electron chi connectivity index (χ1n) is 4.35. The van der Waals surface area contributed by atoms with Gasteiger partial charge in [-0.05, 0) is 0 Å².